The molecule has 1 aromatic heterocycles. The van der Waals surface area contributed by atoms with Crippen LogP contribution >= 0.6 is 0 Å². The Labute approximate surface area is 196 Å². The SMILES string of the molecule is COc1ccccc1NC(=O)[C@H](N=Nc1ccc(S(=O)(=O)Nc2onc(C)c2C)cc1)C(C)=O. The summed E-state index contributed by atoms with van der Waals surface area (Å²) < 4.78 is 37.7. The van der Waals surface area contributed by atoms with E-state index in [9.17, 15) is 18.0 Å². The van der Waals surface area contributed by atoms with E-state index in [4.69, 9.17) is 9.26 Å². The first kappa shape index (κ1) is 24.6. The lowest BCUT2D eigenvalue weighted by Crippen LogP contribution is -2.31. The number of aromatic nitrogens is 1. The number of methoxy groups -OCH3 is 1. The van der Waals surface area contributed by atoms with E-state index in [0.717, 1.165) is 0 Å². The Bertz CT molecular complexity index is 1330. The summed E-state index contributed by atoms with van der Waals surface area (Å²) >= 11 is 0. The van der Waals surface area contributed by atoms with Crippen LogP contribution in [0.2, 0.25) is 0 Å². The van der Waals surface area contributed by atoms with Crippen LogP contribution < -0.4 is 14.8 Å². The van der Waals surface area contributed by atoms with E-state index in [1.54, 1.807) is 38.1 Å². The number of benzene rings is 2. The first-order valence-electron chi connectivity index (χ1n) is 10.0. The minimum absolute atomic E-state index is 0.0339. The van der Waals surface area contributed by atoms with Crippen molar-refractivity contribution in [3.05, 3.63) is 59.8 Å². The number of nitrogens with zero attached hydrogens (tertiary/aromatic N) is 3. The molecule has 1 heterocycles. The standard InChI is InChI=1S/C22H23N5O6S/c1-13-14(2)26-33-22(13)27-34(30,31)17-11-9-16(10-12-17)24-25-20(15(3)28)21(29)23-18-7-5-6-8-19(18)32-4/h5-12,20,27H,1-4H3,(H,23,29)/t20-/m1/s1. The van der Waals surface area contributed by atoms with E-state index in [1.165, 1.54) is 38.3 Å². The van der Waals surface area contributed by atoms with E-state index in [2.05, 4.69) is 25.4 Å². The number of azo groups is 1. The number of nitrogens with one attached hydrogen (secondary N) is 2. The van der Waals surface area contributed by atoms with Crippen LogP contribution in [0.5, 0.6) is 5.75 Å². The maximum atomic E-state index is 12.6. The zero-order valence-corrected chi connectivity index (χ0v) is 19.7. The lowest BCUT2D eigenvalue weighted by molar-refractivity contribution is -0.126. The number of hydrogen-bond acceptors (Lipinski definition) is 9. The highest BCUT2D eigenvalue weighted by Gasteiger charge is 2.24. The molecule has 12 heteroatoms. The second-order valence-corrected chi connectivity index (χ2v) is 8.92. The number of carbonyl (C=O) groups is 2. The van der Waals surface area contributed by atoms with Crippen molar-refractivity contribution in [2.45, 2.75) is 31.7 Å². The Kier molecular flexibility index (Phi) is 7.41. The van der Waals surface area contributed by atoms with Crippen LogP contribution in [0.4, 0.5) is 17.3 Å². The molecule has 1 atom stereocenters. The molecule has 11 nitrogen and oxygen atoms in total. The number of hydrogen-bond donors (Lipinski definition) is 2. The van der Waals surface area contributed by atoms with Crippen molar-refractivity contribution in [3.63, 3.8) is 0 Å². The average Bonchev–Trinajstić information content (AvgIpc) is 3.11. The molecule has 1 amide bonds. The van der Waals surface area contributed by atoms with Gasteiger partial charge in [0.05, 0.1) is 29.1 Å². The fourth-order valence-corrected chi connectivity index (χ4v) is 3.82. The molecule has 0 radical (unpaired) electrons. The number of ketones is 1. The van der Waals surface area contributed by atoms with Gasteiger partial charge in [0.25, 0.3) is 15.9 Å². The average molecular weight is 486 g/mol. The summed E-state index contributed by atoms with van der Waals surface area (Å²) in [5, 5.41) is 14.1. The lowest BCUT2D eigenvalue weighted by Gasteiger charge is -2.12. The largest absolute Gasteiger partial charge is 0.495 e. The first-order valence-corrected chi connectivity index (χ1v) is 11.5. The third-order valence-electron chi connectivity index (χ3n) is 4.82. The van der Waals surface area contributed by atoms with Crippen LogP contribution in [-0.2, 0) is 19.6 Å². The van der Waals surface area contributed by atoms with E-state index in [-0.39, 0.29) is 16.5 Å². The molecule has 0 aliphatic heterocycles. The molecule has 2 N–H and O–H groups in total. The van der Waals surface area contributed by atoms with Crippen LogP contribution in [0.1, 0.15) is 18.2 Å². The van der Waals surface area contributed by atoms with E-state index < -0.39 is 27.8 Å². The molecule has 0 bridgehead atoms. The highest BCUT2D eigenvalue weighted by Crippen LogP contribution is 2.25. The summed E-state index contributed by atoms with van der Waals surface area (Å²) in [7, 11) is -2.47. The third-order valence-corrected chi connectivity index (χ3v) is 6.17. The molecule has 0 fully saturated rings. The molecule has 0 saturated heterocycles. The van der Waals surface area contributed by atoms with Crippen molar-refractivity contribution in [2.75, 3.05) is 17.1 Å². The highest BCUT2D eigenvalue weighted by molar-refractivity contribution is 7.92. The molecule has 0 aliphatic rings. The number of anilines is 2. The minimum Gasteiger partial charge on any atom is -0.495 e. The summed E-state index contributed by atoms with van der Waals surface area (Å²) in [5.74, 6) is -0.734. The number of carbonyl (C=O) groups excluding carboxylic acids is 2. The van der Waals surface area contributed by atoms with Crippen molar-refractivity contribution >= 4 is 39.0 Å². The second kappa shape index (κ2) is 10.3. The number of aryl methyl sites for hydroxylation is 1. The Morgan fingerprint density at radius 2 is 1.76 bits per heavy atom. The van der Waals surface area contributed by atoms with Gasteiger partial charge in [-0.15, -0.1) is 0 Å². The molecule has 0 aliphatic carbocycles. The van der Waals surface area contributed by atoms with Gasteiger partial charge in [0.1, 0.15) is 5.75 Å². The molecule has 3 aromatic rings. The zero-order valence-electron chi connectivity index (χ0n) is 18.9. The van der Waals surface area contributed by atoms with Crippen molar-refractivity contribution < 1.29 is 27.3 Å². The van der Waals surface area contributed by atoms with Gasteiger partial charge in [0, 0.05) is 5.56 Å². The van der Waals surface area contributed by atoms with E-state index in [1.807, 2.05) is 0 Å². The first-order chi connectivity index (χ1) is 16.1. The molecular formula is C22H23N5O6S. The highest BCUT2D eigenvalue weighted by atomic mass is 32.2. The summed E-state index contributed by atoms with van der Waals surface area (Å²) in [6.45, 7) is 4.60. The van der Waals surface area contributed by atoms with E-state index >= 15 is 0 Å². The smallest absolute Gasteiger partial charge is 0.264 e. The lowest BCUT2D eigenvalue weighted by atomic mass is 10.2. The Morgan fingerprint density at radius 1 is 1.09 bits per heavy atom. The Hall–Kier alpha value is -4.06. The van der Waals surface area contributed by atoms with Crippen LogP contribution in [0, 0.1) is 13.8 Å². The molecule has 0 saturated carbocycles. The predicted octanol–water partition coefficient (Wildman–Crippen LogP) is 3.78. The molecular weight excluding hydrogens is 462 g/mol. The normalized spacial score (nSPS) is 12.4. The number of rotatable bonds is 9. The number of ether oxygens (including phenoxy) is 1. The van der Waals surface area contributed by atoms with Crippen LogP contribution in [0.15, 0.2) is 68.2 Å². The number of amides is 1. The van der Waals surface area contributed by atoms with Gasteiger partial charge in [0.2, 0.25) is 11.9 Å². The molecule has 34 heavy (non-hydrogen) atoms. The molecule has 178 valence electrons. The number of sulfonamides is 1. The summed E-state index contributed by atoms with van der Waals surface area (Å²) in [6, 6.07) is 10.8. The third kappa shape index (κ3) is 5.64. The minimum atomic E-state index is -3.92. The summed E-state index contributed by atoms with van der Waals surface area (Å²) in [5.41, 5.74) is 1.79. The fourth-order valence-electron chi connectivity index (χ4n) is 2.78. The monoisotopic (exact) mass is 485 g/mol. The van der Waals surface area contributed by atoms with Crippen LogP contribution in [0.3, 0.4) is 0 Å². The molecule has 3 rings (SSSR count). The van der Waals surface area contributed by atoms with Crippen LogP contribution in [0.25, 0.3) is 0 Å². The van der Waals surface area contributed by atoms with Gasteiger partial charge in [-0.1, -0.05) is 17.3 Å². The van der Waals surface area contributed by atoms with Crippen LogP contribution in [-0.4, -0.2) is 38.4 Å². The Morgan fingerprint density at radius 3 is 2.35 bits per heavy atom. The zero-order chi connectivity index (χ0) is 24.9. The summed E-state index contributed by atoms with van der Waals surface area (Å²) in [4.78, 5) is 24.5. The maximum absolute atomic E-state index is 12.6. The van der Waals surface area contributed by atoms with Crippen molar-refractivity contribution in [3.8, 4) is 5.75 Å². The van der Waals surface area contributed by atoms with Gasteiger partial charge in [0.15, 0.2) is 5.78 Å². The van der Waals surface area contributed by atoms with Crippen molar-refractivity contribution in [2.24, 2.45) is 10.2 Å². The summed E-state index contributed by atoms with van der Waals surface area (Å²) in [6.07, 6.45) is 0. The second-order valence-electron chi connectivity index (χ2n) is 7.24. The van der Waals surface area contributed by atoms with Gasteiger partial charge < -0.3 is 14.6 Å². The molecule has 0 spiro atoms. The topological polar surface area (TPSA) is 152 Å². The van der Waals surface area contributed by atoms with Gasteiger partial charge >= 0.3 is 0 Å². The van der Waals surface area contributed by atoms with Gasteiger partial charge in [-0.3, -0.25) is 9.59 Å². The molecule has 2 aromatic carbocycles. The maximum Gasteiger partial charge on any atom is 0.264 e. The van der Waals surface area contributed by atoms with Crippen molar-refractivity contribution in [1.29, 1.82) is 0 Å². The van der Waals surface area contributed by atoms with Crippen molar-refractivity contribution in [1.82, 2.24) is 5.16 Å². The van der Waals surface area contributed by atoms with Gasteiger partial charge in [-0.05, 0) is 57.2 Å². The fraction of sp³-hybridized carbons (Fsp3) is 0.227. The number of para-hydroxylation sites is 2. The van der Waals surface area contributed by atoms with Gasteiger partial charge in [-0.2, -0.15) is 10.2 Å². The Balaban J connectivity index is 1.73. The quantitative estimate of drug-likeness (QED) is 0.345. The van der Waals surface area contributed by atoms with E-state index in [0.29, 0.717) is 22.7 Å². The number of Topliss-reactive ketones (excluding diaryl/α,β-unsaturated/α-hetero) is 1. The predicted molar refractivity (Wildman–Crippen MR) is 124 cm³/mol. The molecule has 0 unspecified atom stereocenters. The van der Waals surface area contributed by atoms with Gasteiger partial charge in [-0.25, -0.2) is 13.1 Å².